The van der Waals surface area contributed by atoms with E-state index in [1.165, 1.54) is 16.8 Å². The van der Waals surface area contributed by atoms with Crippen LogP contribution in [0.3, 0.4) is 0 Å². The summed E-state index contributed by atoms with van der Waals surface area (Å²) in [5.41, 5.74) is 2.22. The monoisotopic (exact) mass is 651 g/mol. The van der Waals surface area contributed by atoms with Crippen LogP contribution in [0.1, 0.15) is 35.7 Å². The van der Waals surface area contributed by atoms with E-state index in [1.54, 1.807) is 91.0 Å². The van der Waals surface area contributed by atoms with Gasteiger partial charge in [0.05, 0.1) is 17.4 Å². The Kier molecular flexibility index (Phi) is 10.6. The van der Waals surface area contributed by atoms with Crippen molar-refractivity contribution in [3.63, 3.8) is 0 Å². The van der Waals surface area contributed by atoms with Crippen molar-refractivity contribution in [1.82, 2.24) is 10.6 Å². The second-order valence-corrected chi connectivity index (χ2v) is 11.9. The number of hydrazone groups is 1. The number of carbonyl (C=O) groups excluding carboxylic acids is 4. The predicted octanol–water partition coefficient (Wildman–Crippen LogP) is 6.49. The van der Waals surface area contributed by atoms with E-state index in [9.17, 15) is 19.2 Å². The Hall–Kier alpha value is -5.19. The van der Waals surface area contributed by atoms with Crippen LogP contribution in [0.5, 0.6) is 0 Å². The maximum atomic E-state index is 13.5. The maximum absolute atomic E-state index is 13.5. The molecule has 0 saturated heterocycles. The second-order valence-electron chi connectivity index (χ2n) is 10.2. The van der Waals surface area contributed by atoms with E-state index in [2.05, 4.69) is 21.1 Å². The first-order valence-corrected chi connectivity index (χ1v) is 15.7. The van der Waals surface area contributed by atoms with Gasteiger partial charge in [-0.1, -0.05) is 73.1 Å². The summed E-state index contributed by atoms with van der Waals surface area (Å²) in [6.07, 6.45) is 2.07. The number of hydrogen-bond acceptors (Lipinski definition) is 6. The van der Waals surface area contributed by atoms with Crippen molar-refractivity contribution in [3.8, 4) is 0 Å². The normalized spacial score (nSPS) is 13.5. The molecule has 4 amide bonds. The topological polar surface area (TPSA) is 120 Å². The SMILES string of the molecule is CCC(Sc1cccc(NC(=O)/C(=C/c2ccc(Cl)cc2)NC(=O)c2ccccc2)c1)C(=O)NC1=NN(c2ccccc2)C(=O)C1. The highest BCUT2D eigenvalue weighted by molar-refractivity contribution is 8.00. The van der Waals surface area contributed by atoms with Gasteiger partial charge in [0.1, 0.15) is 11.5 Å². The first-order chi connectivity index (χ1) is 22.3. The van der Waals surface area contributed by atoms with Crippen LogP contribution in [0.25, 0.3) is 6.08 Å². The highest BCUT2D eigenvalue weighted by Gasteiger charge is 2.28. The molecule has 1 unspecified atom stereocenters. The van der Waals surface area contributed by atoms with Gasteiger partial charge in [-0.25, -0.2) is 0 Å². The zero-order valence-corrected chi connectivity index (χ0v) is 26.3. The number of amidine groups is 1. The second kappa shape index (κ2) is 15.2. The van der Waals surface area contributed by atoms with Crippen LogP contribution in [0.15, 0.2) is 125 Å². The van der Waals surface area contributed by atoms with Gasteiger partial charge in [0, 0.05) is 21.2 Å². The summed E-state index contributed by atoms with van der Waals surface area (Å²) in [6, 6.07) is 31.6. The molecular weight excluding hydrogens is 622 g/mol. The lowest BCUT2D eigenvalue weighted by Gasteiger charge is -2.15. The van der Waals surface area contributed by atoms with E-state index in [-0.39, 0.29) is 29.8 Å². The molecule has 9 nitrogen and oxygen atoms in total. The number of anilines is 2. The smallest absolute Gasteiger partial charge is 0.272 e. The molecule has 0 aliphatic carbocycles. The number of nitrogens with one attached hydrogen (secondary N) is 3. The van der Waals surface area contributed by atoms with Gasteiger partial charge in [0.15, 0.2) is 0 Å². The Morgan fingerprint density at radius 2 is 1.61 bits per heavy atom. The molecule has 1 heterocycles. The molecule has 0 bridgehead atoms. The molecule has 0 spiro atoms. The van der Waals surface area contributed by atoms with Crippen molar-refractivity contribution < 1.29 is 19.2 Å². The van der Waals surface area contributed by atoms with Gasteiger partial charge < -0.3 is 16.0 Å². The largest absolute Gasteiger partial charge is 0.321 e. The third kappa shape index (κ3) is 8.50. The Balaban J connectivity index is 1.27. The third-order valence-corrected chi connectivity index (χ3v) is 8.40. The van der Waals surface area contributed by atoms with Crippen molar-refractivity contribution >= 4 is 70.3 Å². The summed E-state index contributed by atoms with van der Waals surface area (Å²) in [6.45, 7) is 1.89. The summed E-state index contributed by atoms with van der Waals surface area (Å²) in [7, 11) is 0. The van der Waals surface area contributed by atoms with Gasteiger partial charge in [-0.2, -0.15) is 10.1 Å². The van der Waals surface area contributed by atoms with Crippen LogP contribution in [-0.4, -0.2) is 34.7 Å². The number of para-hydroxylation sites is 1. The van der Waals surface area contributed by atoms with Gasteiger partial charge in [-0.15, -0.1) is 11.8 Å². The van der Waals surface area contributed by atoms with Crippen molar-refractivity contribution in [1.29, 1.82) is 0 Å². The summed E-state index contributed by atoms with van der Waals surface area (Å²) < 4.78 is 0. The van der Waals surface area contributed by atoms with Gasteiger partial charge >= 0.3 is 0 Å². The molecule has 0 fully saturated rings. The Bertz CT molecular complexity index is 1800. The highest BCUT2D eigenvalue weighted by atomic mass is 35.5. The molecule has 0 radical (unpaired) electrons. The molecule has 1 aliphatic heterocycles. The molecule has 4 aromatic rings. The number of amides is 4. The third-order valence-electron chi connectivity index (χ3n) is 6.79. The van der Waals surface area contributed by atoms with Gasteiger partial charge in [-0.05, 0) is 72.7 Å². The fourth-order valence-corrected chi connectivity index (χ4v) is 5.63. The lowest BCUT2D eigenvalue weighted by molar-refractivity contribution is -0.119. The van der Waals surface area contributed by atoms with Crippen molar-refractivity contribution in [2.24, 2.45) is 5.10 Å². The quantitative estimate of drug-likeness (QED) is 0.134. The number of carbonyl (C=O) groups is 4. The first kappa shape index (κ1) is 32.2. The molecule has 1 aliphatic rings. The Morgan fingerprint density at radius 1 is 0.913 bits per heavy atom. The Labute approximate surface area is 275 Å². The lowest BCUT2D eigenvalue weighted by atomic mass is 10.1. The minimum absolute atomic E-state index is 0.00403. The minimum atomic E-state index is -0.530. The lowest BCUT2D eigenvalue weighted by Crippen LogP contribution is -2.36. The average Bonchev–Trinajstić information content (AvgIpc) is 3.44. The summed E-state index contributed by atoms with van der Waals surface area (Å²) in [5, 5.41) is 14.0. The molecule has 1 atom stereocenters. The van der Waals surface area contributed by atoms with E-state index < -0.39 is 17.1 Å². The zero-order chi connectivity index (χ0) is 32.5. The highest BCUT2D eigenvalue weighted by Crippen LogP contribution is 2.28. The fourth-order valence-electron chi connectivity index (χ4n) is 4.49. The zero-order valence-electron chi connectivity index (χ0n) is 24.8. The van der Waals surface area contributed by atoms with E-state index in [0.29, 0.717) is 33.9 Å². The van der Waals surface area contributed by atoms with Gasteiger partial charge in [0.2, 0.25) is 5.91 Å². The molecule has 11 heteroatoms. The molecule has 46 heavy (non-hydrogen) atoms. The molecule has 0 aromatic heterocycles. The number of nitrogens with zero attached hydrogens (tertiary/aromatic N) is 2. The molecule has 3 N–H and O–H groups in total. The van der Waals surface area contributed by atoms with E-state index in [1.807, 2.05) is 31.2 Å². The van der Waals surface area contributed by atoms with Crippen molar-refractivity contribution in [3.05, 3.63) is 131 Å². The summed E-state index contributed by atoms with van der Waals surface area (Å²) in [5.74, 6) is -1.18. The van der Waals surface area contributed by atoms with Crippen molar-refractivity contribution in [2.75, 3.05) is 10.3 Å². The molecule has 5 rings (SSSR count). The summed E-state index contributed by atoms with van der Waals surface area (Å²) >= 11 is 7.35. The number of rotatable bonds is 10. The van der Waals surface area contributed by atoms with Crippen molar-refractivity contribution in [2.45, 2.75) is 29.9 Å². The average molecular weight is 652 g/mol. The van der Waals surface area contributed by atoms with Crippen LogP contribution in [0.2, 0.25) is 5.02 Å². The van der Waals surface area contributed by atoms with Crippen LogP contribution >= 0.6 is 23.4 Å². The maximum Gasteiger partial charge on any atom is 0.272 e. The predicted molar refractivity (Wildman–Crippen MR) is 182 cm³/mol. The number of hydrogen-bond donors (Lipinski definition) is 3. The fraction of sp³-hybridized carbons (Fsp3) is 0.114. The first-order valence-electron chi connectivity index (χ1n) is 14.5. The van der Waals surface area contributed by atoms with Gasteiger partial charge in [-0.3, -0.25) is 19.2 Å². The number of halogens is 1. The van der Waals surface area contributed by atoms with E-state index >= 15 is 0 Å². The van der Waals surface area contributed by atoms with E-state index in [4.69, 9.17) is 11.6 Å². The number of benzene rings is 4. The molecular formula is C35H30ClN5O4S. The molecule has 4 aromatic carbocycles. The molecule has 232 valence electrons. The Morgan fingerprint density at radius 3 is 2.30 bits per heavy atom. The standard InChI is InChI=1S/C35H30ClN5O4S/c1-2-30(35(45)39-31-22-32(42)41(40-31)27-13-7-4-8-14-27)46-28-15-9-12-26(21-28)37-34(44)29(20-23-16-18-25(36)19-17-23)38-33(43)24-10-5-3-6-11-24/h3-21,30H,2,22H2,1H3,(H,37,44)(H,38,43)(H,39,40,45)/b29-20-. The van der Waals surface area contributed by atoms with Gasteiger partial charge in [0.25, 0.3) is 17.7 Å². The molecule has 0 saturated carbocycles. The van der Waals surface area contributed by atoms with Crippen LogP contribution in [0, 0.1) is 0 Å². The van der Waals surface area contributed by atoms with E-state index in [0.717, 1.165) is 4.90 Å². The van der Waals surface area contributed by atoms with Crippen LogP contribution < -0.4 is 21.0 Å². The van der Waals surface area contributed by atoms with Crippen LogP contribution in [0.4, 0.5) is 11.4 Å². The number of thioether (sulfide) groups is 1. The minimum Gasteiger partial charge on any atom is -0.321 e. The summed E-state index contributed by atoms with van der Waals surface area (Å²) in [4.78, 5) is 52.8. The van der Waals surface area contributed by atoms with Crippen LogP contribution in [-0.2, 0) is 14.4 Å².